The first-order chi connectivity index (χ1) is 16.3. The minimum Gasteiger partial charge on any atom is -0.479 e. The molecule has 192 valence electrons. The van der Waals surface area contributed by atoms with Gasteiger partial charge in [0.2, 0.25) is 0 Å². The van der Waals surface area contributed by atoms with Crippen LogP contribution in [0.15, 0.2) is 32.9 Å². The predicted molar refractivity (Wildman–Crippen MR) is 119 cm³/mol. The summed E-state index contributed by atoms with van der Waals surface area (Å²) >= 11 is 12.6. The number of carbonyl (C=O) groups excluding carboxylic acids is 1. The summed E-state index contributed by atoms with van der Waals surface area (Å²) in [6, 6.07) is 3.06. The summed E-state index contributed by atoms with van der Waals surface area (Å²) < 4.78 is 55.4. The smallest absolute Gasteiger partial charge is 0.431 e. The van der Waals surface area contributed by atoms with E-state index in [0.29, 0.717) is 15.2 Å². The molecular formula is C20H20Cl2F3N3O7. The van der Waals surface area contributed by atoms with Gasteiger partial charge in [0.05, 0.1) is 18.7 Å². The van der Waals surface area contributed by atoms with E-state index < -0.39 is 48.3 Å². The molecule has 1 aromatic carbocycles. The van der Waals surface area contributed by atoms with E-state index in [-0.39, 0.29) is 27.3 Å². The highest BCUT2D eigenvalue weighted by Gasteiger charge is 2.35. The molecule has 0 saturated heterocycles. The zero-order valence-corrected chi connectivity index (χ0v) is 20.3. The van der Waals surface area contributed by atoms with Gasteiger partial charge in [0.25, 0.3) is 11.5 Å². The van der Waals surface area contributed by atoms with E-state index in [9.17, 15) is 27.6 Å². The number of aromatic nitrogens is 2. The van der Waals surface area contributed by atoms with Crippen LogP contribution in [0.1, 0.15) is 18.2 Å². The number of benzene rings is 1. The van der Waals surface area contributed by atoms with E-state index in [1.165, 1.54) is 33.3 Å². The standard InChI is InChI=1S/C20H20Cl2F3N3O7/c1-10(18(26-33-4)34-9-15(30)32-3)35-12-6-5-11(16(21)17(12)22)8-28-14(29)7-13(20(23,24)25)27(2)19(28)31/h5-7,10H,8-9H2,1-4H3/b26-18-. The number of methoxy groups -OCH3 is 1. The molecule has 15 heteroatoms. The molecule has 1 unspecified atom stereocenters. The van der Waals surface area contributed by atoms with Crippen molar-refractivity contribution in [1.29, 1.82) is 0 Å². The quantitative estimate of drug-likeness (QED) is 0.218. The zero-order chi connectivity index (χ0) is 26.5. The number of alkyl halides is 3. The highest BCUT2D eigenvalue weighted by Crippen LogP contribution is 2.35. The Hall–Kier alpha value is -3.19. The topological polar surface area (TPSA) is 110 Å². The lowest BCUT2D eigenvalue weighted by Crippen LogP contribution is -2.41. The Morgan fingerprint density at radius 3 is 2.40 bits per heavy atom. The second-order valence-electron chi connectivity index (χ2n) is 6.88. The monoisotopic (exact) mass is 541 g/mol. The van der Waals surface area contributed by atoms with Gasteiger partial charge in [-0.25, -0.2) is 9.59 Å². The molecular weight excluding hydrogens is 522 g/mol. The third-order valence-corrected chi connectivity index (χ3v) is 5.45. The lowest BCUT2D eigenvalue weighted by Gasteiger charge is -2.19. The van der Waals surface area contributed by atoms with Gasteiger partial charge >= 0.3 is 17.8 Å². The molecule has 1 aromatic heterocycles. The molecule has 2 rings (SSSR count). The number of esters is 1. The summed E-state index contributed by atoms with van der Waals surface area (Å²) in [5, 5.41) is 3.42. The number of nitrogens with zero attached hydrogens (tertiary/aromatic N) is 3. The Morgan fingerprint density at radius 2 is 1.83 bits per heavy atom. The van der Waals surface area contributed by atoms with Crippen molar-refractivity contribution in [2.45, 2.75) is 25.7 Å². The zero-order valence-electron chi connectivity index (χ0n) is 18.8. The van der Waals surface area contributed by atoms with Gasteiger partial charge in [-0.15, -0.1) is 0 Å². The van der Waals surface area contributed by atoms with E-state index in [0.717, 1.165) is 7.05 Å². The van der Waals surface area contributed by atoms with Gasteiger partial charge in [-0.2, -0.15) is 13.2 Å². The second kappa shape index (κ2) is 11.5. The maximum absolute atomic E-state index is 13.0. The molecule has 0 aliphatic rings. The molecule has 0 radical (unpaired) electrons. The highest BCUT2D eigenvalue weighted by atomic mass is 35.5. The van der Waals surface area contributed by atoms with Crippen LogP contribution in [0.5, 0.6) is 5.75 Å². The normalized spacial score (nSPS) is 12.8. The van der Waals surface area contributed by atoms with Gasteiger partial charge < -0.3 is 19.0 Å². The third kappa shape index (κ3) is 6.69. The molecule has 35 heavy (non-hydrogen) atoms. The Balaban J connectivity index is 2.32. The number of oxime groups is 1. The van der Waals surface area contributed by atoms with Gasteiger partial charge in [-0.1, -0.05) is 29.3 Å². The van der Waals surface area contributed by atoms with E-state index in [4.69, 9.17) is 32.7 Å². The molecule has 0 saturated carbocycles. The summed E-state index contributed by atoms with van der Waals surface area (Å²) in [7, 11) is 3.33. The highest BCUT2D eigenvalue weighted by molar-refractivity contribution is 6.43. The number of rotatable bonds is 8. The Labute approximate surface area is 206 Å². The number of hydrogen-bond donors (Lipinski definition) is 0. The minimum absolute atomic E-state index is 0.0473. The van der Waals surface area contributed by atoms with Gasteiger partial charge in [-0.3, -0.25) is 13.9 Å². The Morgan fingerprint density at radius 1 is 1.17 bits per heavy atom. The van der Waals surface area contributed by atoms with Gasteiger partial charge in [-0.05, 0) is 23.7 Å². The average Bonchev–Trinajstić information content (AvgIpc) is 2.79. The molecule has 0 N–H and O–H groups in total. The summed E-state index contributed by atoms with van der Waals surface area (Å²) in [5.74, 6) is -0.740. The first-order valence-electron chi connectivity index (χ1n) is 9.64. The Kier molecular flexibility index (Phi) is 9.21. The van der Waals surface area contributed by atoms with Crippen molar-refractivity contribution < 1.29 is 37.0 Å². The van der Waals surface area contributed by atoms with Crippen LogP contribution in [0, 0.1) is 0 Å². The molecule has 1 heterocycles. The van der Waals surface area contributed by atoms with Crippen molar-refractivity contribution in [3.8, 4) is 5.75 Å². The SMILES string of the molecule is CO/N=C(\OCC(=O)OC)C(C)Oc1ccc(Cn2c(=O)cc(C(F)(F)F)n(C)c2=O)c(Cl)c1Cl. The Bertz CT molecular complexity index is 1240. The maximum atomic E-state index is 13.0. The van der Waals surface area contributed by atoms with E-state index in [1.54, 1.807) is 0 Å². The van der Waals surface area contributed by atoms with Crippen molar-refractivity contribution in [2.75, 3.05) is 20.8 Å². The summed E-state index contributed by atoms with van der Waals surface area (Å²) in [5.41, 5.74) is -3.56. The molecule has 0 bridgehead atoms. The number of carbonyl (C=O) groups is 1. The van der Waals surface area contributed by atoms with Crippen LogP contribution in [0.3, 0.4) is 0 Å². The van der Waals surface area contributed by atoms with Gasteiger partial charge in [0.15, 0.2) is 12.7 Å². The second-order valence-corrected chi connectivity index (χ2v) is 7.64. The molecule has 2 aromatic rings. The maximum Gasteiger partial charge on any atom is 0.431 e. The van der Waals surface area contributed by atoms with E-state index in [1.807, 2.05) is 0 Å². The van der Waals surface area contributed by atoms with Crippen LogP contribution in [-0.2, 0) is 38.9 Å². The van der Waals surface area contributed by atoms with Crippen LogP contribution in [-0.4, -0.2) is 47.9 Å². The first-order valence-corrected chi connectivity index (χ1v) is 10.4. The molecule has 0 fully saturated rings. The minimum atomic E-state index is -4.88. The first kappa shape index (κ1) is 28.1. The molecule has 0 spiro atoms. The number of halogens is 5. The van der Waals surface area contributed by atoms with Crippen molar-refractivity contribution in [2.24, 2.45) is 12.2 Å². The van der Waals surface area contributed by atoms with E-state index >= 15 is 0 Å². The van der Waals surface area contributed by atoms with Gasteiger partial charge in [0.1, 0.15) is 23.6 Å². The van der Waals surface area contributed by atoms with Crippen LogP contribution in [0.25, 0.3) is 0 Å². The van der Waals surface area contributed by atoms with Crippen LogP contribution >= 0.6 is 23.2 Å². The lowest BCUT2D eigenvalue weighted by atomic mass is 10.2. The molecule has 0 aliphatic carbocycles. The molecule has 0 aliphatic heterocycles. The largest absolute Gasteiger partial charge is 0.479 e. The van der Waals surface area contributed by atoms with Crippen molar-refractivity contribution in [3.63, 3.8) is 0 Å². The number of hydrogen-bond acceptors (Lipinski definition) is 8. The van der Waals surface area contributed by atoms with Crippen molar-refractivity contribution >= 4 is 35.1 Å². The summed E-state index contributed by atoms with van der Waals surface area (Å²) in [6.07, 6.45) is -5.79. The fourth-order valence-corrected chi connectivity index (χ4v) is 3.23. The fraction of sp³-hybridized carbons (Fsp3) is 0.400. The predicted octanol–water partition coefficient (Wildman–Crippen LogP) is 2.84. The van der Waals surface area contributed by atoms with Crippen molar-refractivity contribution in [1.82, 2.24) is 9.13 Å². The summed E-state index contributed by atoms with van der Waals surface area (Å²) in [6.45, 7) is 0.603. The molecule has 1 atom stereocenters. The summed E-state index contributed by atoms with van der Waals surface area (Å²) in [4.78, 5) is 40.6. The van der Waals surface area contributed by atoms with Crippen LogP contribution < -0.4 is 16.0 Å². The third-order valence-electron chi connectivity index (χ3n) is 4.55. The van der Waals surface area contributed by atoms with Crippen LogP contribution in [0.2, 0.25) is 10.0 Å². The number of ether oxygens (including phenoxy) is 3. The fourth-order valence-electron chi connectivity index (χ4n) is 2.78. The average molecular weight is 542 g/mol. The lowest BCUT2D eigenvalue weighted by molar-refractivity contribution is -0.144. The van der Waals surface area contributed by atoms with Crippen LogP contribution in [0.4, 0.5) is 13.2 Å². The molecule has 0 amide bonds. The molecule has 10 nitrogen and oxygen atoms in total. The van der Waals surface area contributed by atoms with Gasteiger partial charge in [0, 0.05) is 13.1 Å². The van der Waals surface area contributed by atoms with Crippen molar-refractivity contribution in [3.05, 3.63) is 60.3 Å². The van der Waals surface area contributed by atoms with E-state index in [2.05, 4.69) is 14.7 Å².